The molecule has 0 aliphatic heterocycles. The predicted molar refractivity (Wildman–Crippen MR) is 132 cm³/mol. The molecule has 39 heavy (non-hydrogen) atoms. The Labute approximate surface area is 221 Å². The van der Waals surface area contributed by atoms with Crippen LogP contribution in [0.1, 0.15) is 29.4 Å². The summed E-state index contributed by atoms with van der Waals surface area (Å²) in [6.45, 7) is -2.93. The van der Waals surface area contributed by atoms with Crippen LogP contribution < -0.4 is 10.6 Å². The third kappa shape index (κ3) is 5.27. The van der Waals surface area contributed by atoms with Gasteiger partial charge in [-0.15, -0.1) is 5.10 Å². The van der Waals surface area contributed by atoms with E-state index in [1.807, 2.05) is 6.07 Å². The van der Waals surface area contributed by atoms with Crippen LogP contribution in [0.25, 0.3) is 10.9 Å². The van der Waals surface area contributed by atoms with Crippen molar-refractivity contribution in [3.63, 3.8) is 0 Å². The van der Waals surface area contributed by atoms with Crippen LogP contribution in [0.3, 0.4) is 0 Å². The summed E-state index contributed by atoms with van der Waals surface area (Å²) in [7, 11) is 0. The summed E-state index contributed by atoms with van der Waals surface area (Å²) >= 11 is 6.50. The summed E-state index contributed by atoms with van der Waals surface area (Å²) in [4.78, 5) is 7.57. The Balaban J connectivity index is 1.61. The smallest absolute Gasteiger partial charge is 0.334 e. The molecule has 0 amide bonds. The molecule has 196 valence electrons. The van der Waals surface area contributed by atoms with E-state index in [0.717, 1.165) is 18.5 Å². The summed E-state index contributed by atoms with van der Waals surface area (Å²) in [6.07, 6.45) is 3.36. The van der Waals surface area contributed by atoms with Gasteiger partial charge in [-0.25, -0.2) is 13.8 Å². The van der Waals surface area contributed by atoms with Crippen molar-refractivity contribution >= 4 is 39.6 Å². The number of halogens is 6. The molecule has 0 aliphatic carbocycles. The van der Waals surface area contributed by atoms with Crippen LogP contribution in [0.15, 0.2) is 61.1 Å². The number of anilines is 3. The number of rotatable bonds is 7. The Kier molecular flexibility index (Phi) is 6.95. The van der Waals surface area contributed by atoms with E-state index in [2.05, 4.69) is 30.9 Å². The first-order valence-electron chi connectivity index (χ1n) is 11.1. The normalized spacial score (nSPS) is 11.9. The van der Waals surface area contributed by atoms with Gasteiger partial charge in [-0.2, -0.15) is 23.1 Å². The lowest BCUT2D eigenvalue weighted by atomic mass is 10.0. The Hall–Kier alpha value is -4.83. The topological polar surface area (TPSA) is 104 Å². The highest BCUT2D eigenvalue weighted by molar-refractivity contribution is 6.36. The number of alkyl halides is 2. The van der Waals surface area contributed by atoms with Crippen LogP contribution in [0.2, 0.25) is 5.02 Å². The van der Waals surface area contributed by atoms with Gasteiger partial charge < -0.3 is 10.6 Å². The minimum Gasteiger partial charge on any atom is -0.373 e. The van der Waals surface area contributed by atoms with E-state index >= 15 is 0 Å². The molecule has 0 radical (unpaired) electrons. The summed E-state index contributed by atoms with van der Waals surface area (Å²) in [5, 5.41) is 23.4. The van der Waals surface area contributed by atoms with Crippen LogP contribution in [0, 0.1) is 28.9 Å². The quantitative estimate of drug-likeness (QED) is 0.174. The molecule has 3 heterocycles. The highest BCUT2D eigenvalue weighted by atomic mass is 35.5. The monoisotopic (exact) mass is 556 g/mol. The second-order valence-corrected chi connectivity index (χ2v) is 8.57. The third-order valence-corrected chi connectivity index (χ3v) is 5.94. The molecule has 2 N–H and O–H groups in total. The van der Waals surface area contributed by atoms with E-state index in [-0.39, 0.29) is 33.2 Å². The summed E-state index contributed by atoms with van der Waals surface area (Å²) in [6, 6.07) is 10.4. The molecule has 5 aromatic rings. The maximum Gasteiger partial charge on any atom is 0.334 e. The SMILES string of the molecule is N#Cc1cnc2c(Cl)cc(N[C@@H](c3ccc(F)cc3)c3cn(C(F)F)nn3)cc2c1Nc1cnc(F)c(F)c1. The molecule has 0 aliphatic rings. The zero-order chi connectivity index (χ0) is 27.7. The van der Waals surface area contributed by atoms with Gasteiger partial charge in [0.1, 0.15) is 17.6 Å². The largest absolute Gasteiger partial charge is 0.373 e. The van der Waals surface area contributed by atoms with Crippen molar-refractivity contribution in [2.24, 2.45) is 0 Å². The zero-order valence-corrected chi connectivity index (χ0v) is 20.1. The second-order valence-electron chi connectivity index (χ2n) is 8.16. The molecule has 0 bridgehead atoms. The Morgan fingerprint density at radius 1 is 0.974 bits per heavy atom. The Morgan fingerprint density at radius 3 is 2.41 bits per heavy atom. The number of hydrogen-bond acceptors (Lipinski definition) is 7. The number of benzene rings is 2. The Morgan fingerprint density at radius 2 is 1.74 bits per heavy atom. The second kappa shape index (κ2) is 10.5. The molecule has 8 nitrogen and oxygen atoms in total. The first-order valence-corrected chi connectivity index (χ1v) is 11.4. The van der Waals surface area contributed by atoms with Crippen molar-refractivity contribution in [2.75, 3.05) is 10.6 Å². The molecule has 1 atom stereocenters. The fourth-order valence-electron chi connectivity index (χ4n) is 3.86. The van der Waals surface area contributed by atoms with Crippen LogP contribution >= 0.6 is 11.6 Å². The van der Waals surface area contributed by atoms with E-state index in [4.69, 9.17) is 11.6 Å². The zero-order valence-electron chi connectivity index (χ0n) is 19.4. The van der Waals surface area contributed by atoms with Crippen LogP contribution in [-0.2, 0) is 0 Å². The van der Waals surface area contributed by atoms with E-state index < -0.39 is 30.2 Å². The Bertz CT molecular complexity index is 1720. The highest BCUT2D eigenvalue weighted by Gasteiger charge is 2.22. The maximum absolute atomic E-state index is 13.8. The van der Waals surface area contributed by atoms with E-state index in [1.54, 1.807) is 6.07 Å². The summed E-state index contributed by atoms with van der Waals surface area (Å²) < 4.78 is 67.5. The van der Waals surface area contributed by atoms with Gasteiger partial charge in [-0.05, 0) is 29.8 Å². The first kappa shape index (κ1) is 25.8. The number of hydrogen-bond donors (Lipinski definition) is 2. The van der Waals surface area contributed by atoms with Gasteiger partial charge in [-0.1, -0.05) is 28.9 Å². The predicted octanol–water partition coefficient (Wildman–Crippen LogP) is 6.50. The molecule has 2 aromatic carbocycles. The van der Waals surface area contributed by atoms with Gasteiger partial charge in [0.25, 0.3) is 0 Å². The molecule has 0 fully saturated rings. The third-order valence-electron chi connectivity index (χ3n) is 5.65. The first-order chi connectivity index (χ1) is 18.7. The molecule has 3 aromatic heterocycles. The number of pyridine rings is 2. The number of nitrogens with zero attached hydrogens (tertiary/aromatic N) is 6. The molecular weight excluding hydrogens is 543 g/mol. The highest BCUT2D eigenvalue weighted by Crippen LogP contribution is 2.36. The summed E-state index contributed by atoms with van der Waals surface area (Å²) in [5.74, 6) is -2.98. The number of aromatic nitrogens is 5. The van der Waals surface area contributed by atoms with Crippen molar-refractivity contribution in [1.29, 1.82) is 5.26 Å². The van der Waals surface area contributed by atoms with Crippen molar-refractivity contribution < 1.29 is 22.0 Å². The van der Waals surface area contributed by atoms with Gasteiger partial charge in [0.2, 0.25) is 5.95 Å². The minimum atomic E-state index is -2.93. The molecule has 0 unspecified atom stereocenters. The lowest BCUT2D eigenvalue weighted by molar-refractivity contribution is 0.0545. The minimum absolute atomic E-state index is 0.0557. The van der Waals surface area contributed by atoms with Gasteiger partial charge in [-0.3, -0.25) is 4.98 Å². The fraction of sp³-hybridized carbons (Fsp3) is 0.0800. The lowest BCUT2D eigenvalue weighted by Crippen LogP contribution is -2.13. The maximum atomic E-state index is 13.8. The van der Waals surface area contributed by atoms with Gasteiger partial charge in [0.15, 0.2) is 5.82 Å². The van der Waals surface area contributed by atoms with Crippen molar-refractivity contribution in [3.8, 4) is 6.07 Å². The standard InChI is InChI=1S/C25H14ClF5N8/c26-18-6-15(35-22(12-1-3-14(27)4-2-12)20-11-39(25(30)31)38-37-20)5-17-21(13(8-32)9-33-23(17)18)36-16-7-19(28)24(29)34-10-16/h1-7,9-11,22,25,35H,(H,33,36)/t22-/m0/s1. The van der Waals surface area contributed by atoms with Crippen molar-refractivity contribution in [3.05, 3.63) is 100 Å². The summed E-state index contributed by atoms with van der Waals surface area (Å²) in [5.41, 5.74) is 1.51. The molecule has 14 heteroatoms. The molecule has 0 saturated carbocycles. The molecule has 5 rings (SSSR count). The van der Waals surface area contributed by atoms with Crippen LogP contribution in [-0.4, -0.2) is 25.0 Å². The van der Waals surface area contributed by atoms with E-state index in [1.165, 1.54) is 36.5 Å². The number of nitrogens with one attached hydrogen (secondary N) is 2. The van der Waals surface area contributed by atoms with Gasteiger partial charge >= 0.3 is 6.55 Å². The molecular formula is C25H14ClF5N8. The number of fused-ring (bicyclic) bond motifs is 1. The van der Waals surface area contributed by atoms with Crippen molar-refractivity contribution in [2.45, 2.75) is 12.6 Å². The van der Waals surface area contributed by atoms with Gasteiger partial charge in [0, 0.05) is 23.3 Å². The van der Waals surface area contributed by atoms with Gasteiger partial charge in [0.05, 0.1) is 45.9 Å². The van der Waals surface area contributed by atoms with Crippen LogP contribution in [0.4, 0.5) is 39.0 Å². The van der Waals surface area contributed by atoms with Crippen LogP contribution in [0.5, 0.6) is 0 Å². The molecule has 0 saturated heterocycles. The molecule has 0 spiro atoms. The average molecular weight is 557 g/mol. The van der Waals surface area contributed by atoms with Crippen molar-refractivity contribution in [1.82, 2.24) is 25.0 Å². The average Bonchev–Trinajstić information content (AvgIpc) is 3.41. The van der Waals surface area contributed by atoms with E-state index in [9.17, 15) is 27.2 Å². The van der Waals surface area contributed by atoms with E-state index in [0.29, 0.717) is 21.3 Å². The fourth-order valence-corrected chi connectivity index (χ4v) is 4.13. The number of nitriles is 1. The lowest BCUT2D eigenvalue weighted by Gasteiger charge is -2.20.